The van der Waals surface area contributed by atoms with Crippen molar-refractivity contribution >= 4 is 0 Å². The van der Waals surface area contributed by atoms with E-state index in [0.29, 0.717) is 6.42 Å². The lowest BCUT2D eigenvalue weighted by Gasteiger charge is -2.29. The maximum atomic E-state index is 10.3. The molecule has 2 atom stereocenters. The van der Waals surface area contributed by atoms with Gasteiger partial charge in [0.05, 0.1) is 6.10 Å². The van der Waals surface area contributed by atoms with Gasteiger partial charge in [0, 0.05) is 6.04 Å². The smallest absolute Gasteiger partial charge is 0.0805 e. The lowest BCUT2D eigenvalue weighted by atomic mass is 9.82. The molecule has 0 radical (unpaired) electrons. The predicted molar refractivity (Wildman–Crippen MR) is 82.1 cm³/mol. The summed E-state index contributed by atoms with van der Waals surface area (Å²) in [5, 5.41) is 10.3. The minimum Gasteiger partial charge on any atom is -0.388 e. The average molecular weight is 263 g/mol. The molecule has 0 fully saturated rings. The highest BCUT2D eigenvalue weighted by Gasteiger charge is 2.24. The molecule has 0 aliphatic rings. The molecule has 19 heavy (non-hydrogen) atoms. The molecule has 0 saturated carbocycles. The van der Waals surface area contributed by atoms with Gasteiger partial charge in [0.1, 0.15) is 0 Å². The number of benzene rings is 1. The first-order valence-electron chi connectivity index (χ1n) is 7.06. The number of rotatable bonds is 3. The van der Waals surface area contributed by atoms with Gasteiger partial charge in [-0.1, -0.05) is 65.8 Å². The summed E-state index contributed by atoms with van der Waals surface area (Å²) in [4.78, 5) is 0. The summed E-state index contributed by atoms with van der Waals surface area (Å²) in [6, 6.07) is 8.22. The lowest BCUT2D eigenvalue weighted by Crippen LogP contribution is -2.36. The standard InChI is InChI=1S/C17H29NO/c1-16(2,3)13-9-7-12(8-10-13)14(19)11-15(18)17(4,5)6/h7-10,14-15,19H,11,18H2,1-6H3/t14-,15-/m0/s1. The minimum absolute atomic E-state index is 0.00945. The first-order valence-corrected chi connectivity index (χ1v) is 7.06. The fourth-order valence-electron chi connectivity index (χ4n) is 1.94. The quantitative estimate of drug-likeness (QED) is 0.871. The normalized spacial score (nSPS) is 16.2. The Morgan fingerprint density at radius 2 is 1.47 bits per heavy atom. The van der Waals surface area contributed by atoms with Crippen molar-refractivity contribution in [1.29, 1.82) is 0 Å². The molecule has 0 amide bonds. The van der Waals surface area contributed by atoms with E-state index >= 15 is 0 Å². The Hall–Kier alpha value is -0.860. The summed E-state index contributed by atoms with van der Waals surface area (Å²) in [5.41, 5.74) is 8.53. The summed E-state index contributed by atoms with van der Waals surface area (Å²) in [6.45, 7) is 12.9. The van der Waals surface area contributed by atoms with Crippen molar-refractivity contribution in [1.82, 2.24) is 0 Å². The SMILES string of the molecule is CC(C)(C)c1ccc([C@@H](O)C[C@H](N)C(C)(C)C)cc1. The number of hydrogen-bond acceptors (Lipinski definition) is 2. The predicted octanol–water partition coefficient (Wildman–Crippen LogP) is 3.78. The van der Waals surface area contributed by atoms with Crippen molar-refractivity contribution in [2.45, 2.75) is 65.5 Å². The van der Waals surface area contributed by atoms with E-state index in [1.165, 1.54) is 5.56 Å². The van der Waals surface area contributed by atoms with Crippen LogP contribution in [0.2, 0.25) is 0 Å². The maximum Gasteiger partial charge on any atom is 0.0805 e. The number of aliphatic hydroxyl groups excluding tert-OH is 1. The van der Waals surface area contributed by atoms with Gasteiger partial charge in [-0.2, -0.15) is 0 Å². The molecule has 0 spiro atoms. The molecule has 0 unspecified atom stereocenters. The molecule has 0 aliphatic carbocycles. The third-order valence-electron chi connectivity index (χ3n) is 3.75. The second-order valence-electron chi connectivity index (χ2n) is 7.60. The Morgan fingerprint density at radius 3 is 1.84 bits per heavy atom. The van der Waals surface area contributed by atoms with Gasteiger partial charge in [-0.25, -0.2) is 0 Å². The third kappa shape index (κ3) is 4.63. The fourth-order valence-corrected chi connectivity index (χ4v) is 1.94. The zero-order chi connectivity index (χ0) is 14.8. The molecule has 108 valence electrons. The van der Waals surface area contributed by atoms with Crippen LogP contribution in [0, 0.1) is 5.41 Å². The summed E-state index contributed by atoms with van der Waals surface area (Å²) in [7, 11) is 0. The third-order valence-corrected chi connectivity index (χ3v) is 3.75. The fraction of sp³-hybridized carbons (Fsp3) is 0.647. The van der Waals surface area contributed by atoms with Crippen LogP contribution in [0.4, 0.5) is 0 Å². The van der Waals surface area contributed by atoms with Crippen molar-refractivity contribution in [2.24, 2.45) is 11.1 Å². The minimum atomic E-state index is -0.483. The van der Waals surface area contributed by atoms with Gasteiger partial charge in [-0.15, -0.1) is 0 Å². The molecule has 2 nitrogen and oxygen atoms in total. The largest absolute Gasteiger partial charge is 0.388 e. The Labute approximate surface area is 118 Å². The second-order valence-corrected chi connectivity index (χ2v) is 7.60. The first-order chi connectivity index (χ1) is 8.51. The average Bonchev–Trinajstić information content (AvgIpc) is 2.26. The lowest BCUT2D eigenvalue weighted by molar-refractivity contribution is 0.133. The molecular weight excluding hydrogens is 234 g/mol. The molecule has 1 aromatic carbocycles. The molecule has 1 rings (SSSR count). The van der Waals surface area contributed by atoms with Crippen molar-refractivity contribution < 1.29 is 5.11 Å². The molecule has 2 heteroatoms. The summed E-state index contributed by atoms with van der Waals surface area (Å²) in [6.07, 6.45) is 0.112. The highest BCUT2D eigenvalue weighted by molar-refractivity contribution is 5.28. The Morgan fingerprint density at radius 1 is 1.00 bits per heavy atom. The van der Waals surface area contributed by atoms with Gasteiger partial charge >= 0.3 is 0 Å². The van der Waals surface area contributed by atoms with Crippen LogP contribution >= 0.6 is 0 Å². The van der Waals surface area contributed by atoms with E-state index in [-0.39, 0.29) is 16.9 Å². The Bertz CT molecular complexity index is 395. The van der Waals surface area contributed by atoms with Gasteiger partial charge in [0.2, 0.25) is 0 Å². The molecule has 0 aliphatic heterocycles. The Balaban J connectivity index is 2.76. The van der Waals surface area contributed by atoms with Crippen LogP contribution in [0.1, 0.15) is 65.2 Å². The molecule has 0 bridgehead atoms. The van der Waals surface area contributed by atoms with Gasteiger partial charge in [-0.3, -0.25) is 0 Å². The van der Waals surface area contributed by atoms with E-state index in [4.69, 9.17) is 5.73 Å². The molecule has 1 aromatic rings. The second kappa shape index (κ2) is 5.64. The van der Waals surface area contributed by atoms with E-state index in [1.807, 2.05) is 12.1 Å². The van der Waals surface area contributed by atoms with Gasteiger partial charge in [-0.05, 0) is 28.4 Å². The van der Waals surface area contributed by atoms with Crippen LogP contribution in [0.15, 0.2) is 24.3 Å². The van der Waals surface area contributed by atoms with Crippen molar-refractivity contribution in [3.05, 3.63) is 35.4 Å². The summed E-state index contributed by atoms with van der Waals surface area (Å²) in [5.74, 6) is 0. The highest BCUT2D eigenvalue weighted by atomic mass is 16.3. The molecule has 0 heterocycles. The maximum absolute atomic E-state index is 10.3. The molecular formula is C17H29NO. The van der Waals surface area contributed by atoms with Crippen molar-refractivity contribution in [2.75, 3.05) is 0 Å². The molecule has 3 N–H and O–H groups in total. The number of aliphatic hydroxyl groups is 1. The van der Waals surface area contributed by atoms with Crippen LogP contribution in [-0.4, -0.2) is 11.1 Å². The van der Waals surface area contributed by atoms with E-state index in [9.17, 15) is 5.11 Å². The van der Waals surface area contributed by atoms with Gasteiger partial charge in [0.15, 0.2) is 0 Å². The van der Waals surface area contributed by atoms with Crippen LogP contribution in [0.3, 0.4) is 0 Å². The van der Waals surface area contributed by atoms with Crippen LogP contribution in [-0.2, 0) is 5.41 Å². The number of hydrogen-bond donors (Lipinski definition) is 2. The molecule has 0 aromatic heterocycles. The van der Waals surface area contributed by atoms with Gasteiger partial charge < -0.3 is 10.8 Å². The first kappa shape index (κ1) is 16.2. The highest BCUT2D eigenvalue weighted by Crippen LogP contribution is 2.28. The van der Waals surface area contributed by atoms with E-state index in [0.717, 1.165) is 5.56 Å². The number of nitrogens with two attached hydrogens (primary N) is 1. The van der Waals surface area contributed by atoms with E-state index in [2.05, 4.69) is 53.7 Å². The zero-order valence-electron chi connectivity index (χ0n) is 13.2. The summed E-state index contributed by atoms with van der Waals surface area (Å²) >= 11 is 0. The molecule has 0 saturated heterocycles. The zero-order valence-corrected chi connectivity index (χ0v) is 13.2. The van der Waals surface area contributed by atoms with Crippen LogP contribution in [0.5, 0.6) is 0 Å². The van der Waals surface area contributed by atoms with Crippen molar-refractivity contribution in [3.63, 3.8) is 0 Å². The van der Waals surface area contributed by atoms with Crippen LogP contribution in [0.25, 0.3) is 0 Å². The summed E-state index contributed by atoms with van der Waals surface area (Å²) < 4.78 is 0. The van der Waals surface area contributed by atoms with Crippen LogP contribution < -0.4 is 5.73 Å². The Kier molecular flexibility index (Phi) is 4.81. The topological polar surface area (TPSA) is 46.2 Å². The monoisotopic (exact) mass is 263 g/mol. The van der Waals surface area contributed by atoms with E-state index < -0.39 is 6.10 Å². The van der Waals surface area contributed by atoms with Gasteiger partial charge in [0.25, 0.3) is 0 Å². The van der Waals surface area contributed by atoms with E-state index in [1.54, 1.807) is 0 Å². The van der Waals surface area contributed by atoms with Crippen molar-refractivity contribution in [3.8, 4) is 0 Å².